The second kappa shape index (κ2) is 6.87. The van der Waals surface area contributed by atoms with Gasteiger partial charge in [0.25, 0.3) is 0 Å². The molecule has 5 heteroatoms. The van der Waals surface area contributed by atoms with E-state index in [4.69, 9.17) is 0 Å². The highest BCUT2D eigenvalue weighted by Gasteiger charge is 2.26. The molecule has 0 bridgehead atoms. The molecule has 2 aromatic rings. The van der Waals surface area contributed by atoms with Crippen LogP contribution in [0.25, 0.3) is 0 Å². The molecule has 119 valence electrons. The minimum absolute atomic E-state index is 0.0926. The normalized spacial score (nSPS) is 15.9. The van der Waals surface area contributed by atoms with Gasteiger partial charge in [-0.15, -0.1) is 0 Å². The zero-order valence-electron chi connectivity index (χ0n) is 12.6. The van der Waals surface area contributed by atoms with E-state index in [1.54, 1.807) is 29.2 Å². The zero-order chi connectivity index (χ0) is 16.2. The summed E-state index contributed by atoms with van der Waals surface area (Å²) in [5.74, 6) is -0.570. The summed E-state index contributed by atoms with van der Waals surface area (Å²) in [5, 5.41) is 0. The smallest absolute Gasteiger partial charge is 0.312 e. The molecule has 23 heavy (non-hydrogen) atoms. The second-order valence-corrected chi connectivity index (χ2v) is 5.62. The van der Waals surface area contributed by atoms with Gasteiger partial charge in [0.15, 0.2) is 0 Å². The summed E-state index contributed by atoms with van der Waals surface area (Å²) >= 11 is 0. The Hall–Kier alpha value is -2.27. The highest BCUT2D eigenvalue weighted by molar-refractivity contribution is 5.48. The highest BCUT2D eigenvalue weighted by atomic mass is 19.1. The van der Waals surface area contributed by atoms with Gasteiger partial charge in [-0.25, -0.2) is 8.78 Å². The van der Waals surface area contributed by atoms with Crippen molar-refractivity contribution in [3.05, 3.63) is 71.3 Å². The molecule has 3 rings (SSSR count). The number of amides is 1. The van der Waals surface area contributed by atoms with Crippen LogP contribution in [0.2, 0.25) is 0 Å². The quantitative estimate of drug-likeness (QED) is 0.866. The van der Waals surface area contributed by atoms with E-state index in [0.717, 1.165) is 11.1 Å². The molecule has 1 amide bonds. The van der Waals surface area contributed by atoms with E-state index < -0.39 is 0 Å². The van der Waals surface area contributed by atoms with Crippen LogP contribution in [-0.4, -0.2) is 42.4 Å². The number of rotatable bonds is 4. The average molecular weight is 315 g/mol. The Morgan fingerprint density at radius 1 is 0.783 bits per heavy atom. The SMILES string of the molecule is O=[C]N1CCN(C(c2ccc(F)cc2)c2ccc(F)cc2)CC1. The van der Waals surface area contributed by atoms with E-state index >= 15 is 0 Å². The molecular formula is C18H17F2N2O. The minimum atomic E-state index is -0.285. The molecule has 1 aliphatic heterocycles. The molecule has 3 nitrogen and oxygen atoms in total. The Balaban J connectivity index is 1.91. The Kier molecular flexibility index (Phi) is 4.67. The van der Waals surface area contributed by atoms with E-state index in [1.807, 2.05) is 6.41 Å². The summed E-state index contributed by atoms with van der Waals surface area (Å²) in [6.45, 7) is 2.58. The highest BCUT2D eigenvalue weighted by Crippen LogP contribution is 2.29. The molecule has 1 heterocycles. The summed E-state index contributed by atoms with van der Waals surface area (Å²) in [6.07, 6.45) is 1.92. The van der Waals surface area contributed by atoms with Gasteiger partial charge in [0.05, 0.1) is 6.04 Å². The number of hydrogen-bond donors (Lipinski definition) is 0. The van der Waals surface area contributed by atoms with Crippen molar-refractivity contribution in [1.29, 1.82) is 0 Å². The molecule has 0 aromatic heterocycles. The molecule has 1 fully saturated rings. The molecule has 0 spiro atoms. The van der Waals surface area contributed by atoms with E-state index in [-0.39, 0.29) is 17.7 Å². The van der Waals surface area contributed by atoms with E-state index in [2.05, 4.69) is 4.90 Å². The summed E-state index contributed by atoms with van der Waals surface area (Å²) in [5.41, 5.74) is 1.89. The van der Waals surface area contributed by atoms with Crippen LogP contribution >= 0.6 is 0 Å². The van der Waals surface area contributed by atoms with Crippen molar-refractivity contribution in [3.8, 4) is 0 Å². The number of carbonyl (C=O) groups excluding carboxylic acids is 1. The maximum atomic E-state index is 13.2. The molecule has 0 N–H and O–H groups in total. The van der Waals surface area contributed by atoms with Crippen LogP contribution in [0.1, 0.15) is 17.2 Å². The predicted octanol–water partition coefficient (Wildman–Crippen LogP) is 2.74. The third-order valence-corrected chi connectivity index (χ3v) is 4.18. The van der Waals surface area contributed by atoms with Crippen LogP contribution in [0.3, 0.4) is 0 Å². The van der Waals surface area contributed by atoms with Crippen molar-refractivity contribution in [1.82, 2.24) is 9.80 Å². The van der Waals surface area contributed by atoms with Crippen molar-refractivity contribution < 1.29 is 13.6 Å². The molecule has 0 atom stereocenters. The average Bonchev–Trinajstić information content (AvgIpc) is 2.59. The lowest BCUT2D eigenvalue weighted by Gasteiger charge is -2.38. The van der Waals surface area contributed by atoms with Gasteiger partial charge >= 0.3 is 6.41 Å². The number of benzene rings is 2. The Labute approximate surface area is 134 Å². The Morgan fingerprint density at radius 2 is 1.22 bits per heavy atom. The molecular weight excluding hydrogens is 298 g/mol. The van der Waals surface area contributed by atoms with Crippen LogP contribution in [0.5, 0.6) is 0 Å². The van der Waals surface area contributed by atoms with Crippen molar-refractivity contribution in [2.75, 3.05) is 26.2 Å². The number of halogens is 2. The molecule has 2 aromatic carbocycles. The first-order valence-electron chi connectivity index (χ1n) is 7.55. The summed E-state index contributed by atoms with van der Waals surface area (Å²) < 4.78 is 26.5. The fraction of sp³-hybridized carbons (Fsp3) is 0.278. The van der Waals surface area contributed by atoms with E-state index in [0.29, 0.717) is 26.2 Å². The zero-order valence-corrected chi connectivity index (χ0v) is 12.6. The van der Waals surface area contributed by atoms with Crippen LogP contribution < -0.4 is 0 Å². The van der Waals surface area contributed by atoms with Gasteiger partial charge in [0.1, 0.15) is 11.6 Å². The van der Waals surface area contributed by atoms with Gasteiger partial charge in [0, 0.05) is 26.2 Å². The largest absolute Gasteiger partial charge is 0.332 e. The van der Waals surface area contributed by atoms with Gasteiger partial charge in [0.2, 0.25) is 0 Å². The summed E-state index contributed by atoms with van der Waals surface area (Å²) in [4.78, 5) is 14.6. The first kappa shape index (κ1) is 15.6. The monoisotopic (exact) mass is 315 g/mol. The number of nitrogens with zero attached hydrogens (tertiary/aromatic N) is 2. The third-order valence-electron chi connectivity index (χ3n) is 4.18. The van der Waals surface area contributed by atoms with Gasteiger partial charge in [-0.3, -0.25) is 9.69 Å². The van der Waals surface area contributed by atoms with Gasteiger partial charge in [-0.1, -0.05) is 24.3 Å². The molecule has 0 unspecified atom stereocenters. The van der Waals surface area contributed by atoms with Crippen molar-refractivity contribution >= 4 is 6.41 Å². The molecule has 1 aliphatic rings. The first-order chi connectivity index (χ1) is 11.2. The van der Waals surface area contributed by atoms with Crippen molar-refractivity contribution in [3.63, 3.8) is 0 Å². The molecule has 1 radical (unpaired) electrons. The van der Waals surface area contributed by atoms with Crippen molar-refractivity contribution in [2.45, 2.75) is 6.04 Å². The summed E-state index contributed by atoms with van der Waals surface area (Å²) in [6, 6.07) is 12.6. The fourth-order valence-corrected chi connectivity index (χ4v) is 2.98. The van der Waals surface area contributed by atoms with Gasteiger partial charge in [-0.2, -0.15) is 0 Å². The Morgan fingerprint density at radius 3 is 1.61 bits per heavy atom. The number of piperazine rings is 1. The lowest BCUT2D eigenvalue weighted by Crippen LogP contribution is -2.47. The Bertz CT molecular complexity index is 604. The second-order valence-electron chi connectivity index (χ2n) is 5.62. The lowest BCUT2D eigenvalue weighted by molar-refractivity contribution is 0.148. The molecule has 1 saturated heterocycles. The van der Waals surface area contributed by atoms with Crippen LogP contribution in [0.15, 0.2) is 48.5 Å². The maximum absolute atomic E-state index is 13.2. The van der Waals surface area contributed by atoms with Crippen molar-refractivity contribution in [2.24, 2.45) is 0 Å². The number of hydrogen-bond acceptors (Lipinski definition) is 2. The van der Waals surface area contributed by atoms with E-state index in [9.17, 15) is 13.6 Å². The third kappa shape index (κ3) is 3.56. The fourth-order valence-electron chi connectivity index (χ4n) is 2.98. The van der Waals surface area contributed by atoms with Crippen LogP contribution in [0.4, 0.5) is 8.78 Å². The maximum Gasteiger partial charge on any atom is 0.312 e. The van der Waals surface area contributed by atoms with Gasteiger partial charge in [-0.05, 0) is 35.4 Å². The minimum Gasteiger partial charge on any atom is -0.332 e. The molecule has 0 aliphatic carbocycles. The van der Waals surface area contributed by atoms with E-state index in [1.165, 1.54) is 24.3 Å². The lowest BCUT2D eigenvalue weighted by atomic mass is 9.96. The topological polar surface area (TPSA) is 23.6 Å². The first-order valence-corrected chi connectivity index (χ1v) is 7.55. The van der Waals surface area contributed by atoms with Crippen LogP contribution in [-0.2, 0) is 4.79 Å². The summed E-state index contributed by atoms with van der Waals surface area (Å²) in [7, 11) is 0. The standard InChI is InChI=1S/C18H17F2N2O/c19-16-5-1-14(2-6-16)18(15-3-7-17(20)8-4-15)22-11-9-21(13-23)10-12-22/h1-8,18H,9-12H2. The molecule has 0 saturated carbocycles. The predicted molar refractivity (Wildman–Crippen MR) is 83.5 cm³/mol. The van der Waals surface area contributed by atoms with Gasteiger partial charge < -0.3 is 4.90 Å². The van der Waals surface area contributed by atoms with Crippen LogP contribution in [0, 0.1) is 11.6 Å².